The molecule has 0 spiro atoms. The van der Waals surface area contributed by atoms with E-state index in [1.54, 1.807) is 11.3 Å². The Morgan fingerprint density at radius 2 is 2.06 bits per heavy atom. The molecule has 1 unspecified atom stereocenters. The molecule has 0 aliphatic heterocycles. The average Bonchev–Trinajstić information content (AvgIpc) is 2.87. The van der Waals surface area contributed by atoms with E-state index in [0.717, 1.165) is 16.3 Å². The van der Waals surface area contributed by atoms with Crippen LogP contribution in [-0.2, 0) is 0 Å². The van der Waals surface area contributed by atoms with Crippen molar-refractivity contribution < 1.29 is 0 Å². The fourth-order valence-corrected chi connectivity index (χ4v) is 2.91. The summed E-state index contributed by atoms with van der Waals surface area (Å²) in [6, 6.07) is 14.8. The van der Waals surface area contributed by atoms with E-state index in [9.17, 15) is 0 Å². The molecule has 1 aromatic carbocycles. The quantitative estimate of drug-likeness (QED) is 0.898. The maximum absolute atomic E-state index is 8.91. The Bertz CT molecular complexity index is 566. The van der Waals surface area contributed by atoms with Crippen molar-refractivity contribution in [2.75, 3.05) is 6.54 Å². The number of nitrogens with zero attached hydrogens (tertiary/aromatic N) is 1. The van der Waals surface area contributed by atoms with Gasteiger partial charge in [-0.15, -0.1) is 11.3 Å². The molecule has 0 saturated heterocycles. The Hall–Kier alpha value is -1.63. The van der Waals surface area contributed by atoms with Gasteiger partial charge in [-0.3, -0.25) is 0 Å². The molecule has 2 nitrogen and oxygen atoms in total. The molecule has 0 saturated carbocycles. The summed E-state index contributed by atoms with van der Waals surface area (Å²) in [5, 5.41) is 12.3. The molecule has 92 valence electrons. The predicted molar refractivity (Wildman–Crippen MR) is 76.6 cm³/mol. The van der Waals surface area contributed by atoms with Gasteiger partial charge in [0.15, 0.2) is 0 Å². The second kappa shape index (κ2) is 5.81. The molecule has 2 aromatic rings. The van der Waals surface area contributed by atoms with Crippen LogP contribution in [0, 0.1) is 11.3 Å². The predicted octanol–water partition coefficient (Wildman–Crippen LogP) is 3.96. The molecule has 0 radical (unpaired) electrons. The summed E-state index contributed by atoms with van der Waals surface area (Å²) < 4.78 is 0. The Morgan fingerprint density at radius 1 is 1.28 bits per heavy atom. The fraction of sp³-hybridized carbons (Fsp3) is 0.267. The number of rotatable bonds is 4. The van der Waals surface area contributed by atoms with E-state index in [1.807, 2.05) is 18.2 Å². The minimum atomic E-state index is 0.318. The summed E-state index contributed by atoms with van der Waals surface area (Å²) in [6.07, 6.45) is 0. The number of hydrogen-bond donors (Lipinski definition) is 1. The molecule has 0 aliphatic rings. The third-order valence-electron chi connectivity index (χ3n) is 2.92. The molecule has 3 heteroatoms. The second-order valence-electron chi connectivity index (χ2n) is 4.14. The molecule has 0 fully saturated rings. The summed E-state index contributed by atoms with van der Waals surface area (Å²) in [5.74, 6) is 0. The van der Waals surface area contributed by atoms with Crippen molar-refractivity contribution in [3.8, 4) is 16.5 Å². The van der Waals surface area contributed by atoms with Gasteiger partial charge < -0.3 is 5.32 Å². The summed E-state index contributed by atoms with van der Waals surface area (Å²) in [5.41, 5.74) is 2.50. The van der Waals surface area contributed by atoms with Crippen LogP contribution < -0.4 is 5.32 Å². The molecule has 2 rings (SSSR count). The van der Waals surface area contributed by atoms with Crippen molar-refractivity contribution >= 4 is 11.3 Å². The highest BCUT2D eigenvalue weighted by atomic mass is 32.1. The van der Waals surface area contributed by atoms with Gasteiger partial charge in [0, 0.05) is 10.9 Å². The van der Waals surface area contributed by atoms with Gasteiger partial charge >= 0.3 is 0 Å². The lowest BCUT2D eigenvalue weighted by molar-refractivity contribution is 0.599. The van der Waals surface area contributed by atoms with Gasteiger partial charge in [-0.2, -0.15) is 5.26 Å². The van der Waals surface area contributed by atoms with Gasteiger partial charge in [-0.25, -0.2) is 0 Å². The van der Waals surface area contributed by atoms with Gasteiger partial charge in [0.05, 0.1) is 0 Å². The molecule has 1 atom stereocenters. The zero-order chi connectivity index (χ0) is 13.0. The zero-order valence-corrected chi connectivity index (χ0v) is 11.4. The minimum absolute atomic E-state index is 0.318. The normalized spacial score (nSPS) is 12.1. The van der Waals surface area contributed by atoms with Crippen molar-refractivity contribution in [2.24, 2.45) is 0 Å². The average molecular weight is 256 g/mol. The van der Waals surface area contributed by atoms with E-state index in [-0.39, 0.29) is 0 Å². The smallest absolute Gasteiger partial charge is 0.110 e. The monoisotopic (exact) mass is 256 g/mol. The fourth-order valence-electron chi connectivity index (χ4n) is 2.06. The second-order valence-corrected chi connectivity index (χ2v) is 5.23. The zero-order valence-electron chi connectivity index (χ0n) is 10.6. The van der Waals surface area contributed by atoms with Crippen LogP contribution in [0.2, 0.25) is 0 Å². The van der Waals surface area contributed by atoms with Crippen molar-refractivity contribution in [2.45, 2.75) is 19.9 Å². The SMILES string of the molecule is CCNC(C)c1ccccc1-c1ccc(C#N)s1. The van der Waals surface area contributed by atoms with E-state index in [2.05, 4.69) is 43.4 Å². The van der Waals surface area contributed by atoms with Crippen LogP contribution >= 0.6 is 11.3 Å². The van der Waals surface area contributed by atoms with Crippen LogP contribution in [-0.4, -0.2) is 6.54 Å². The van der Waals surface area contributed by atoms with Crippen molar-refractivity contribution in [3.63, 3.8) is 0 Å². The first-order chi connectivity index (χ1) is 8.76. The van der Waals surface area contributed by atoms with Gasteiger partial charge in [-0.1, -0.05) is 31.2 Å². The molecule has 1 N–H and O–H groups in total. The van der Waals surface area contributed by atoms with Gasteiger partial charge in [0.1, 0.15) is 10.9 Å². The third kappa shape index (κ3) is 2.61. The van der Waals surface area contributed by atoms with Crippen molar-refractivity contribution in [1.29, 1.82) is 5.26 Å². The molecule has 1 aromatic heterocycles. The minimum Gasteiger partial charge on any atom is -0.310 e. The Kier molecular flexibility index (Phi) is 4.14. The molecular formula is C15H16N2S. The standard InChI is InChI=1S/C15H16N2S/c1-3-17-11(2)13-6-4-5-7-14(13)15-9-8-12(10-16)18-15/h4-9,11,17H,3H2,1-2H3. The lowest BCUT2D eigenvalue weighted by atomic mass is 10.0. The van der Waals surface area contributed by atoms with E-state index >= 15 is 0 Å². The van der Waals surface area contributed by atoms with E-state index < -0.39 is 0 Å². The van der Waals surface area contributed by atoms with Crippen LogP contribution in [0.4, 0.5) is 0 Å². The Balaban J connectivity index is 2.41. The van der Waals surface area contributed by atoms with Crippen molar-refractivity contribution in [3.05, 3.63) is 46.8 Å². The first kappa shape index (κ1) is 12.8. The highest BCUT2D eigenvalue weighted by Gasteiger charge is 2.12. The Labute approximate surface area is 112 Å². The molecule has 18 heavy (non-hydrogen) atoms. The number of nitrogens with one attached hydrogen (secondary N) is 1. The van der Waals surface area contributed by atoms with Gasteiger partial charge in [0.25, 0.3) is 0 Å². The van der Waals surface area contributed by atoms with E-state index in [4.69, 9.17) is 5.26 Å². The van der Waals surface area contributed by atoms with Gasteiger partial charge in [-0.05, 0) is 36.7 Å². The maximum Gasteiger partial charge on any atom is 0.110 e. The summed E-state index contributed by atoms with van der Waals surface area (Å²) in [7, 11) is 0. The largest absolute Gasteiger partial charge is 0.310 e. The lowest BCUT2D eigenvalue weighted by Crippen LogP contribution is -2.18. The molecule has 0 amide bonds. The maximum atomic E-state index is 8.91. The van der Waals surface area contributed by atoms with E-state index in [1.165, 1.54) is 11.1 Å². The number of thiophene rings is 1. The number of benzene rings is 1. The topological polar surface area (TPSA) is 35.8 Å². The van der Waals surface area contributed by atoms with Crippen LogP contribution in [0.5, 0.6) is 0 Å². The Morgan fingerprint density at radius 3 is 2.72 bits per heavy atom. The van der Waals surface area contributed by atoms with Crippen LogP contribution in [0.15, 0.2) is 36.4 Å². The summed E-state index contributed by atoms with van der Waals surface area (Å²) in [4.78, 5) is 1.92. The van der Waals surface area contributed by atoms with Crippen LogP contribution in [0.1, 0.15) is 30.3 Å². The van der Waals surface area contributed by atoms with Crippen LogP contribution in [0.25, 0.3) is 10.4 Å². The molecule has 0 bridgehead atoms. The van der Waals surface area contributed by atoms with E-state index in [0.29, 0.717) is 6.04 Å². The summed E-state index contributed by atoms with van der Waals surface area (Å²) >= 11 is 1.55. The number of hydrogen-bond acceptors (Lipinski definition) is 3. The molecule has 1 heterocycles. The van der Waals surface area contributed by atoms with Gasteiger partial charge in [0.2, 0.25) is 0 Å². The first-order valence-corrected chi connectivity index (χ1v) is 6.90. The summed E-state index contributed by atoms with van der Waals surface area (Å²) in [6.45, 7) is 5.22. The van der Waals surface area contributed by atoms with Crippen LogP contribution in [0.3, 0.4) is 0 Å². The number of nitriles is 1. The molecular weight excluding hydrogens is 240 g/mol. The first-order valence-electron chi connectivity index (χ1n) is 6.09. The highest BCUT2D eigenvalue weighted by molar-refractivity contribution is 7.16. The lowest BCUT2D eigenvalue weighted by Gasteiger charge is -2.16. The highest BCUT2D eigenvalue weighted by Crippen LogP contribution is 2.33. The molecule has 0 aliphatic carbocycles. The van der Waals surface area contributed by atoms with Crippen molar-refractivity contribution in [1.82, 2.24) is 5.32 Å². The third-order valence-corrected chi connectivity index (χ3v) is 3.94.